The highest BCUT2D eigenvalue weighted by molar-refractivity contribution is 5.82. The van der Waals surface area contributed by atoms with Gasteiger partial charge in [-0.1, -0.05) is 30.3 Å². The number of imidazole rings is 1. The molecule has 0 radical (unpaired) electrons. The van der Waals surface area contributed by atoms with E-state index in [1.165, 1.54) is 17.0 Å². The molecule has 2 amide bonds. The first-order valence-electron chi connectivity index (χ1n) is 13.2. The molecule has 8 nitrogen and oxygen atoms in total. The van der Waals surface area contributed by atoms with Crippen LogP contribution in [0.5, 0.6) is 0 Å². The van der Waals surface area contributed by atoms with Gasteiger partial charge in [-0.25, -0.2) is 14.2 Å². The van der Waals surface area contributed by atoms with E-state index in [1.807, 2.05) is 42.7 Å². The van der Waals surface area contributed by atoms with Crippen molar-refractivity contribution in [2.75, 3.05) is 19.6 Å². The molecule has 1 aromatic heterocycles. The van der Waals surface area contributed by atoms with Crippen molar-refractivity contribution in [2.24, 2.45) is 5.92 Å². The first kappa shape index (κ1) is 23.9. The van der Waals surface area contributed by atoms with Crippen LogP contribution in [0.15, 0.2) is 54.9 Å². The summed E-state index contributed by atoms with van der Waals surface area (Å²) >= 11 is 0. The van der Waals surface area contributed by atoms with Gasteiger partial charge in [0.25, 0.3) is 0 Å². The molecule has 2 bridgehead atoms. The maximum absolute atomic E-state index is 13.6. The Hall–Kier alpha value is -3.46. The van der Waals surface area contributed by atoms with Crippen LogP contribution in [-0.4, -0.2) is 68.2 Å². The highest BCUT2D eigenvalue weighted by Gasteiger charge is 2.42. The monoisotopic (exact) mass is 505 g/mol. The Morgan fingerprint density at radius 2 is 1.78 bits per heavy atom. The number of amides is 2. The molecule has 2 unspecified atom stereocenters. The average molecular weight is 506 g/mol. The zero-order chi connectivity index (χ0) is 25.5. The van der Waals surface area contributed by atoms with Crippen molar-refractivity contribution in [2.45, 2.75) is 56.3 Å². The summed E-state index contributed by atoms with van der Waals surface area (Å²) in [5.74, 6) is -0.617. The predicted octanol–water partition coefficient (Wildman–Crippen LogP) is 4.20. The average Bonchev–Trinajstić information content (AvgIpc) is 3.37. The van der Waals surface area contributed by atoms with E-state index in [-0.39, 0.29) is 36.8 Å². The Morgan fingerprint density at radius 1 is 1.05 bits per heavy atom. The van der Waals surface area contributed by atoms with Gasteiger partial charge in [-0.2, -0.15) is 0 Å². The second-order valence-electron chi connectivity index (χ2n) is 10.7. The van der Waals surface area contributed by atoms with E-state index in [0.29, 0.717) is 23.6 Å². The number of piperidine rings is 1. The van der Waals surface area contributed by atoms with E-state index < -0.39 is 6.09 Å². The van der Waals surface area contributed by atoms with E-state index >= 15 is 0 Å². The number of carbonyl (C=O) groups is 2. The largest absolute Gasteiger partial charge is 0.465 e. The van der Waals surface area contributed by atoms with Crippen LogP contribution in [0.25, 0.3) is 11.0 Å². The lowest BCUT2D eigenvalue weighted by atomic mass is 9.94. The lowest BCUT2D eigenvalue weighted by molar-refractivity contribution is -0.130. The fourth-order valence-corrected chi connectivity index (χ4v) is 6.51. The molecule has 3 aliphatic heterocycles. The van der Waals surface area contributed by atoms with Gasteiger partial charge in [0, 0.05) is 43.8 Å². The Kier molecular flexibility index (Phi) is 6.32. The second kappa shape index (κ2) is 9.78. The standard InChI is InChI=1S/C28H32FN5O3/c29-20-6-9-26-25(12-20)30-17-34(26)23-13-21-7-8-22(14-23)33(21)11-10-24(18-4-2-1-3-5-18)31-27(35)19-15-32(16-19)28(36)37/h1-6,9,12,17,19,21-24H,7-8,10-11,13-16H2,(H,31,35)(H,36,37)/t21?,22?,23?,24-/m0/s1. The Bertz CT molecular complexity index is 1280. The molecular weight excluding hydrogens is 473 g/mol. The van der Waals surface area contributed by atoms with Crippen molar-refractivity contribution in [1.82, 2.24) is 24.7 Å². The Balaban J connectivity index is 1.11. The summed E-state index contributed by atoms with van der Waals surface area (Å²) in [6.07, 6.45) is 6.09. The first-order chi connectivity index (χ1) is 18.0. The van der Waals surface area contributed by atoms with Crippen molar-refractivity contribution in [1.29, 1.82) is 0 Å². The van der Waals surface area contributed by atoms with Crippen LogP contribution in [-0.2, 0) is 4.79 Å². The number of likely N-dealkylation sites (tertiary alicyclic amines) is 1. The van der Waals surface area contributed by atoms with Crippen molar-refractivity contribution in [3.8, 4) is 0 Å². The molecule has 3 aromatic rings. The summed E-state index contributed by atoms with van der Waals surface area (Å²) in [5.41, 5.74) is 2.77. The van der Waals surface area contributed by atoms with Gasteiger partial charge in [0.2, 0.25) is 5.91 Å². The molecule has 0 aliphatic carbocycles. The minimum Gasteiger partial charge on any atom is -0.465 e. The highest BCUT2D eigenvalue weighted by Crippen LogP contribution is 2.42. The van der Waals surface area contributed by atoms with E-state index in [0.717, 1.165) is 49.7 Å². The Labute approximate surface area is 215 Å². The first-order valence-corrected chi connectivity index (χ1v) is 13.2. The van der Waals surface area contributed by atoms with Gasteiger partial charge in [0.15, 0.2) is 0 Å². The molecule has 194 valence electrons. The van der Waals surface area contributed by atoms with Crippen LogP contribution < -0.4 is 5.32 Å². The number of nitrogens with zero attached hydrogens (tertiary/aromatic N) is 4. The maximum atomic E-state index is 13.6. The SMILES string of the molecule is O=C(N[C@@H](CCN1C2CCC1CC(n1cnc3cc(F)ccc31)C2)c1ccccc1)C1CN(C(=O)O)C1. The number of halogens is 1. The second-order valence-corrected chi connectivity index (χ2v) is 10.7. The third-order valence-electron chi connectivity index (χ3n) is 8.51. The van der Waals surface area contributed by atoms with Crippen LogP contribution in [0.2, 0.25) is 0 Å². The van der Waals surface area contributed by atoms with Crippen LogP contribution in [0.4, 0.5) is 9.18 Å². The van der Waals surface area contributed by atoms with Crippen molar-refractivity contribution >= 4 is 23.0 Å². The summed E-state index contributed by atoms with van der Waals surface area (Å²) in [7, 11) is 0. The molecule has 3 atom stereocenters. The number of hydrogen-bond donors (Lipinski definition) is 2. The fourth-order valence-electron chi connectivity index (χ4n) is 6.51. The summed E-state index contributed by atoms with van der Waals surface area (Å²) in [4.78, 5) is 32.3. The normalized spacial score (nSPS) is 24.7. The molecule has 37 heavy (non-hydrogen) atoms. The van der Waals surface area contributed by atoms with E-state index in [2.05, 4.69) is 19.8 Å². The van der Waals surface area contributed by atoms with Gasteiger partial charge in [-0.15, -0.1) is 0 Å². The van der Waals surface area contributed by atoms with Gasteiger partial charge in [0.05, 0.1) is 29.3 Å². The van der Waals surface area contributed by atoms with Crippen LogP contribution in [0, 0.1) is 11.7 Å². The molecule has 4 heterocycles. The zero-order valence-electron chi connectivity index (χ0n) is 20.7. The fraction of sp³-hybridized carbons (Fsp3) is 0.464. The molecule has 3 saturated heterocycles. The number of nitrogens with one attached hydrogen (secondary N) is 1. The van der Waals surface area contributed by atoms with Crippen molar-refractivity contribution < 1.29 is 19.1 Å². The van der Waals surface area contributed by atoms with E-state index in [4.69, 9.17) is 5.11 Å². The number of hydrogen-bond acceptors (Lipinski definition) is 4. The lowest BCUT2D eigenvalue weighted by Gasteiger charge is -2.40. The zero-order valence-corrected chi connectivity index (χ0v) is 20.7. The minimum atomic E-state index is -0.974. The molecule has 3 aliphatic rings. The number of rotatable bonds is 7. The summed E-state index contributed by atoms with van der Waals surface area (Å²) in [5, 5.41) is 12.3. The quantitative estimate of drug-likeness (QED) is 0.502. The predicted molar refractivity (Wildman–Crippen MR) is 137 cm³/mol. The number of aromatic nitrogens is 2. The third-order valence-corrected chi connectivity index (χ3v) is 8.51. The molecule has 9 heteroatoms. The number of fused-ring (bicyclic) bond motifs is 3. The third kappa shape index (κ3) is 4.68. The topological polar surface area (TPSA) is 90.7 Å². The smallest absolute Gasteiger partial charge is 0.407 e. The molecule has 0 spiro atoms. The molecule has 2 aromatic carbocycles. The molecule has 3 fully saturated rings. The van der Waals surface area contributed by atoms with E-state index in [1.54, 1.807) is 0 Å². The number of benzene rings is 2. The molecule has 2 N–H and O–H groups in total. The number of carbonyl (C=O) groups excluding carboxylic acids is 1. The van der Waals surface area contributed by atoms with Crippen LogP contribution >= 0.6 is 0 Å². The van der Waals surface area contributed by atoms with Gasteiger partial charge in [-0.05, 0) is 49.8 Å². The van der Waals surface area contributed by atoms with Crippen molar-refractivity contribution in [3.05, 3.63) is 66.2 Å². The lowest BCUT2D eigenvalue weighted by Crippen LogP contribution is -2.55. The summed E-state index contributed by atoms with van der Waals surface area (Å²) in [6.45, 7) is 1.41. The van der Waals surface area contributed by atoms with Gasteiger partial charge < -0.3 is 19.9 Å². The van der Waals surface area contributed by atoms with Gasteiger partial charge in [0.1, 0.15) is 5.82 Å². The number of carboxylic acid groups (broad SMARTS) is 1. The van der Waals surface area contributed by atoms with Crippen LogP contribution in [0.3, 0.4) is 0 Å². The van der Waals surface area contributed by atoms with Gasteiger partial charge >= 0.3 is 6.09 Å². The highest BCUT2D eigenvalue weighted by atomic mass is 19.1. The van der Waals surface area contributed by atoms with Crippen molar-refractivity contribution in [3.63, 3.8) is 0 Å². The summed E-state index contributed by atoms with van der Waals surface area (Å²) in [6, 6.07) is 16.1. The van der Waals surface area contributed by atoms with Crippen LogP contribution in [0.1, 0.15) is 49.8 Å². The molecule has 0 saturated carbocycles. The Morgan fingerprint density at radius 3 is 2.49 bits per heavy atom. The molecular formula is C28H32FN5O3. The van der Waals surface area contributed by atoms with Gasteiger partial charge in [-0.3, -0.25) is 9.69 Å². The summed E-state index contributed by atoms with van der Waals surface area (Å²) < 4.78 is 15.9. The maximum Gasteiger partial charge on any atom is 0.407 e. The van der Waals surface area contributed by atoms with E-state index in [9.17, 15) is 14.0 Å². The minimum absolute atomic E-state index is 0.0727. The molecule has 6 rings (SSSR count).